The third-order valence-corrected chi connectivity index (χ3v) is 4.54. The Kier molecular flexibility index (Phi) is 5.20. The summed E-state index contributed by atoms with van der Waals surface area (Å²) in [6.07, 6.45) is 3.07. The number of anilines is 1. The number of pyridine rings is 1. The summed E-state index contributed by atoms with van der Waals surface area (Å²) in [6, 6.07) is 14.8. The van der Waals surface area contributed by atoms with Crippen LogP contribution in [0.1, 0.15) is 27.6 Å². The first-order valence-corrected chi connectivity index (χ1v) is 8.58. The first-order chi connectivity index (χ1) is 12.2. The minimum Gasteiger partial charge on any atom is -0.462 e. The molecule has 0 saturated heterocycles. The predicted molar refractivity (Wildman–Crippen MR) is 97.9 cm³/mol. The summed E-state index contributed by atoms with van der Waals surface area (Å²) in [4.78, 5) is 29.5. The number of hydrogen-bond donors (Lipinski definition) is 1. The van der Waals surface area contributed by atoms with E-state index in [0.717, 1.165) is 10.4 Å². The zero-order valence-corrected chi connectivity index (χ0v) is 14.4. The average Bonchev–Trinajstić information content (AvgIpc) is 3.07. The number of nitrogens with one attached hydrogen (secondary N) is 1. The van der Waals surface area contributed by atoms with Gasteiger partial charge in [0.15, 0.2) is 0 Å². The number of carbonyl (C=O) groups is 2. The Bertz CT molecular complexity index is 876. The molecule has 0 aliphatic rings. The lowest BCUT2D eigenvalue weighted by Gasteiger charge is -2.05. The number of benzene rings is 1. The van der Waals surface area contributed by atoms with Crippen molar-refractivity contribution in [2.24, 2.45) is 0 Å². The zero-order chi connectivity index (χ0) is 17.6. The van der Waals surface area contributed by atoms with Gasteiger partial charge < -0.3 is 10.1 Å². The molecule has 0 bridgehead atoms. The lowest BCUT2D eigenvalue weighted by atomic mass is 10.1. The maximum atomic E-state index is 12.4. The highest BCUT2D eigenvalue weighted by molar-refractivity contribution is 7.20. The van der Waals surface area contributed by atoms with E-state index in [1.54, 1.807) is 31.3 Å². The molecule has 1 N–H and O–H groups in total. The van der Waals surface area contributed by atoms with Crippen LogP contribution in [0.5, 0.6) is 0 Å². The fraction of sp³-hybridized carbons (Fsp3) is 0.105. The molecular weight excluding hydrogens is 336 g/mol. The molecule has 5 nitrogen and oxygen atoms in total. The van der Waals surface area contributed by atoms with E-state index in [1.165, 1.54) is 17.5 Å². The van der Waals surface area contributed by atoms with Crippen molar-refractivity contribution in [1.82, 2.24) is 4.98 Å². The van der Waals surface area contributed by atoms with E-state index in [0.29, 0.717) is 16.1 Å². The molecule has 0 aliphatic carbocycles. The molecule has 25 heavy (non-hydrogen) atoms. The Labute approximate surface area is 149 Å². The van der Waals surface area contributed by atoms with Gasteiger partial charge in [-0.25, -0.2) is 4.79 Å². The molecule has 6 heteroatoms. The first kappa shape index (κ1) is 16.9. The fourth-order valence-electron chi connectivity index (χ4n) is 2.26. The molecule has 1 amide bonds. The molecule has 126 valence electrons. The molecule has 2 heterocycles. The first-order valence-electron chi connectivity index (χ1n) is 7.76. The van der Waals surface area contributed by atoms with Crippen LogP contribution >= 0.6 is 11.3 Å². The van der Waals surface area contributed by atoms with Crippen molar-refractivity contribution in [1.29, 1.82) is 0 Å². The van der Waals surface area contributed by atoms with Gasteiger partial charge in [-0.05, 0) is 30.7 Å². The van der Waals surface area contributed by atoms with Crippen molar-refractivity contribution < 1.29 is 14.3 Å². The largest absolute Gasteiger partial charge is 0.462 e. The van der Waals surface area contributed by atoms with Crippen LogP contribution in [-0.4, -0.2) is 23.5 Å². The minimum absolute atomic E-state index is 0.269. The second kappa shape index (κ2) is 7.72. The van der Waals surface area contributed by atoms with Crippen molar-refractivity contribution in [3.05, 3.63) is 72.1 Å². The molecule has 0 spiro atoms. The van der Waals surface area contributed by atoms with Crippen LogP contribution in [0.25, 0.3) is 10.4 Å². The maximum absolute atomic E-state index is 12.4. The van der Waals surface area contributed by atoms with Crippen LogP contribution in [0.15, 0.2) is 60.9 Å². The van der Waals surface area contributed by atoms with E-state index in [-0.39, 0.29) is 12.5 Å². The Hall–Kier alpha value is -2.99. The highest BCUT2D eigenvalue weighted by atomic mass is 32.1. The highest BCUT2D eigenvalue weighted by Gasteiger charge is 2.20. The summed E-state index contributed by atoms with van der Waals surface area (Å²) < 4.78 is 5.11. The highest BCUT2D eigenvalue weighted by Crippen LogP contribution is 2.36. The van der Waals surface area contributed by atoms with Gasteiger partial charge in [-0.2, -0.15) is 0 Å². The number of thiophene rings is 1. The number of hydrogen-bond acceptors (Lipinski definition) is 5. The van der Waals surface area contributed by atoms with Crippen LogP contribution in [0.2, 0.25) is 0 Å². The third kappa shape index (κ3) is 3.92. The molecule has 0 atom stereocenters. The van der Waals surface area contributed by atoms with E-state index < -0.39 is 5.97 Å². The fourth-order valence-corrected chi connectivity index (χ4v) is 3.31. The van der Waals surface area contributed by atoms with E-state index in [1.807, 2.05) is 30.3 Å². The molecule has 0 saturated carbocycles. The van der Waals surface area contributed by atoms with Crippen LogP contribution < -0.4 is 5.32 Å². The summed E-state index contributed by atoms with van der Waals surface area (Å²) in [5, 5.41) is 3.26. The monoisotopic (exact) mass is 352 g/mol. The SMILES string of the molecule is CCOC(=O)c1cc(-c2ccccc2)sc1NC(=O)c1cccnc1. The van der Waals surface area contributed by atoms with E-state index >= 15 is 0 Å². The molecule has 3 aromatic rings. The lowest BCUT2D eigenvalue weighted by molar-refractivity contribution is 0.0528. The third-order valence-electron chi connectivity index (χ3n) is 3.44. The standard InChI is InChI=1S/C19H16N2O3S/c1-2-24-19(23)15-11-16(13-7-4-3-5-8-13)25-18(15)21-17(22)14-9-6-10-20-12-14/h3-12H,2H2,1H3,(H,21,22). The van der Waals surface area contributed by atoms with Gasteiger partial charge in [-0.3, -0.25) is 9.78 Å². The van der Waals surface area contributed by atoms with Crippen molar-refractivity contribution >= 4 is 28.2 Å². The molecule has 0 fully saturated rings. The van der Waals surface area contributed by atoms with Crippen molar-refractivity contribution in [3.63, 3.8) is 0 Å². The summed E-state index contributed by atoms with van der Waals surface area (Å²) in [5.74, 6) is -0.775. The number of rotatable bonds is 5. The van der Waals surface area contributed by atoms with Crippen molar-refractivity contribution in [2.75, 3.05) is 11.9 Å². The average molecular weight is 352 g/mol. The summed E-state index contributed by atoms with van der Waals surface area (Å²) in [5.41, 5.74) is 1.75. The summed E-state index contributed by atoms with van der Waals surface area (Å²) in [6.45, 7) is 2.02. The second-order valence-electron chi connectivity index (χ2n) is 5.14. The Morgan fingerprint density at radius 3 is 2.64 bits per heavy atom. The summed E-state index contributed by atoms with van der Waals surface area (Å²) >= 11 is 1.34. The Morgan fingerprint density at radius 1 is 1.16 bits per heavy atom. The molecule has 0 radical (unpaired) electrons. The normalized spacial score (nSPS) is 10.3. The number of aromatic nitrogens is 1. The van der Waals surface area contributed by atoms with Crippen LogP contribution in [-0.2, 0) is 4.74 Å². The van der Waals surface area contributed by atoms with Crippen LogP contribution in [0.4, 0.5) is 5.00 Å². The van der Waals surface area contributed by atoms with Crippen molar-refractivity contribution in [2.45, 2.75) is 6.92 Å². The maximum Gasteiger partial charge on any atom is 0.341 e. The molecule has 1 aromatic carbocycles. The number of esters is 1. The van der Waals surface area contributed by atoms with Crippen LogP contribution in [0.3, 0.4) is 0 Å². The smallest absolute Gasteiger partial charge is 0.341 e. The predicted octanol–water partition coefficient (Wildman–Crippen LogP) is 4.24. The second-order valence-corrected chi connectivity index (χ2v) is 6.19. The van der Waals surface area contributed by atoms with Gasteiger partial charge in [0.2, 0.25) is 0 Å². The molecule has 2 aromatic heterocycles. The summed E-state index contributed by atoms with van der Waals surface area (Å²) in [7, 11) is 0. The van der Waals surface area contributed by atoms with Gasteiger partial charge in [0.1, 0.15) is 5.00 Å². The molecule has 0 aliphatic heterocycles. The molecule has 0 unspecified atom stereocenters. The minimum atomic E-state index is -0.456. The topological polar surface area (TPSA) is 68.3 Å². The van der Waals surface area contributed by atoms with E-state index in [2.05, 4.69) is 10.3 Å². The van der Waals surface area contributed by atoms with Gasteiger partial charge in [0.25, 0.3) is 5.91 Å². The number of ether oxygens (including phenoxy) is 1. The van der Waals surface area contributed by atoms with Crippen LogP contribution in [0, 0.1) is 0 Å². The number of amides is 1. The van der Waals surface area contributed by atoms with Gasteiger partial charge in [-0.15, -0.1) is 11.3 Å². The number of nitrogens with zero attached hydrogens (tertiary/aromatic N) is 1. The number of carbonyl (C=O) groups excluding carboxylic acids is 2. The quantitative estimate of drug-likeness (QED) is 0.698. The lowest BCUT2D eigenvalue weighted by Crippen LogP contribution is -2.14. The van der Waals surface area contributed by atoms with Crippen molar-refractivity contribution in [3.8, 4) is 10.4 Å². The Balaban J connectivity index is 1.94. The van der Waals surface area contributed by atoms with Gasteiger partial charge >= 0.3 is 5.97 Å². The van der Waals surface area contributed by atoms with Gasteiger partial charge in [-0.1, -0.05) is 30.3 Å². The van der Waals surface area contributed by atoms with Gasteiger partial charge in [0.05, 0.1) is 17.7 Å². The molecule has 3 rings (SSSR count). The molecular formula is C19H16N2O3S. The Morgan fingerprint density at radius 2 is 1.96 bits per heavy atom. The van der Waals surface area contributed by atoms with Gasteiger partial charge in [0, 0.05) is 17.3 Å². The van der Waals surface area contributed by atoms with E-state index in [4.69, 9.17) is 4.74 Å². The van der Waals surface area contributed by atoms with E-state index in [9.17, 15) is 9.59 Å². The zero-order valence-electron chi connectivity index (χ0n) is 13.6.